The number of carbonyl (C=O) groups excluding carboxylic acids is 1. The highest BCUT2D eigenvalue weighted by atomic mass is 16.5. The maximum absolute atomic E-state index is 12.7. The molecule has 9 nitrogen and oxygen atoms in total. The molecule has 1 N–H and O–H groups in total. The summed E-state index contributed by atoms with van der Waals surface area (Å²) in [5, 5.41) is 8.65. The molecule has 1 saturated carbocycles. The van der Waals surface area contributed by atoms with Crippen LogP contribution in [0.25, 0.3) is 22.3 Å². The third kappa shape index (κ3) is 4.69. The molecule has 9 heteroatoms. The molecule has 0 unspecified atom stereocenters. The van der Waals surface area contributed by atoms with Gasteiger partial charge in [-0.3, -0.25) is 9.89 Å². The van der Waals surface area contributed by atoms with Gasteiger partial charge in [-0.05, 0) is 57.4 Å². The fourth-order valence-electron chi connectivity index (χ4n) is 5.15. The molecule has 1 amide bonds. The molecular formula is C26H33N7O2. The number of piperazine rings is 1. The van der Waals surface area contributed by atoms with Crippen molar-refractivity contribution in [3.05, 3.63) is 30.6 Å². The summed E-state index contributed by atoms with van der Waals surface area (Å²) in [6.07, 6.45) is 5.45. The van der Waals surface area contributed by atoms with Gasteiger partial charge in [0.25, 0.3) is 0 Å². The van der Waals surface area contributed by atoms with Crippen LogP contribution in [0.15, 0.2) is 30.6 Å². The second-order valence-electron chi connectivity index (χ2n) is 10.6. The van der Waals surface area contributed by atoms with Gasteiger partial charge in [0.15, 0.2) is 0 Å². The van der Waals surface area contributed by atoms with E-state index in [4.69, 9.17) is 4.74 Å². The Kier molecular flexibility index (Phi) is 5.59. The number of rotatable bonds is 7. The fourth-order valence-corrected chi connectivity index (χ4v) is 5.15. The Labute approximate surface area is 205 Å². The van der Waals surface area contributed by atoms with Crippen molar-refractivity contribution >= 4 is 22.6 Å². The lowest BCUT2D eigenvalue weighted by Gasteiger charge is -2.38. The number of nitrogens with zero attached hydrogens (tertiary/aromatic N) is 6. The van der Waals surface area contributed by atoms with E-state index >= 15 is 0 Å². The maximum Gasteiger partial charge on any atom is 0.222 e. The smallest absolute Gasteiger partial charge is 0.222 e. The quantitative estimate of drug-likeness (QED) is 0.562. The number of hydrogen-bond donors (Lipinski definition) is 1. The third-order valence-corrected chi connectivity index (χ3v) is 7.61. The highest BCUT2D eigenvalue weighted by molar-refractivity contribution is 5.93. The Bertz CT molecular complexity index is 1220. The molecule has 35 heavy (non-hydrogen) atoms. The number of aromatic nitrogens is 4. The SMILES string of the molecule is CN1CC(CCC(=O)N2CCN(c3cc(-c4n[nH]c5ccc(OC6(C)CC6)cc45)ncn3)CC2)C1. The van der Waals surface area contributed by atoms with Crippen LogP contribution in [0.4, 0.5) is 5.82 Å². The number of likely N-dealkylation sites (tertiary alicyclic amines) is 1. The molecule has 3 aromatic rings. The zero-order chi connectivity index (χ0) is 24.0. The van der Waals surface area contributed by atoms with Crippen molar-refractivity contribution in [1.29, 1.82) is 0 Å². The monoisotopic (exact) mass is 475 g/mol. The van der Waals surface area contributed by atoms with E-state index in [2.05, 4.69) is 43.9 Å². The van der Waals surface area contributed by atoms with E-state index in [-0.39, 0.29) is 11.5 Å². The standard InChI is InChI=1S/C26H33N7O2/c1-26(7-8-26)35-19-4-5-21-20(13-19)25(30-29-21)22-14-23(28-17-27-22)32-9-11-33(12-10-32)24(34)6-3-18-15-31(2)16-18/h4-5,13-14,17-18H,3,6-12,15-16H2,1-2H3,(H,29,30). The number of nitrogens with one attached hydrogen (secondary N) is 1. The Morgan fingerprint density at radius 1 is 1.14 bits per heavy atom. The van der Waals surface area contributed by atoms with Gasteiger partial charge in [0.1, 0.15) is 29.2 Å². The van der Waals surface area contributed by atoms with Gasteiger partial charge in [-0.15, -0.1) is 0 Å². The summed E-state index contributed by atoms with van der Waals surface area (Å²) in [5.41, 5.74) is 2.50. The van der Waals surface area contributed by atoms with Crippen molar-refractivity contribution < 1.29 is 9.53 Å². The summed E-state index contributed by atoms with van der Waals surface area (Å²) in [7, 11) is 2.13. The maximum atomic E-state index is 12.7. The topological polar surface area (TPSA) is 90.5 Å². The zero-order valence-corrected chi connectivity index (χ0v) is 20.5. The Morgan fingerprint density at radius 3 is 2.69 bits per heavy atom. The van der Waals surface area contributed by atoms with Gasteiger partial charge in [0.05, 0.1) is 11.2 Å². The van der Waals surface area contributed by atoms with Crippen LogP contribution < -0.4 is 9.64 Å². The molecule has 2 aliphatic heterocycles. The minimum Gasteiger partial charge on any atom is -0.488 e. The molecule has 3 aliphatic rings. The molecule has 1 aliphatic carbocycles. The van der Waals surface area contributed by atoms with E-state index in [1.165, 1.54) is 0 Å². The van der Waals surface area contributed by atoms with E-state index in [1.807, 2.05) is 29.2 Å². The van der Waals surface area contributed by atoms with E-state index in [1.54, 1.807) is 6.33 Å². The lowest BCUT2D eigenvalue weighted by atomic mass is 9.95. The predicted molar refractivity (Wildman–Crippen MR) is 134 cm³/mol. The zero-order valence-electron chi connectivity index (χ0n) is 20.5. The lowest BCUT2D eigenvalue weighted by molar-refractivity contribution is -0.132. The van der Waals surface area contributed by atoms with Crippen LogP contribution in [0, 0.1) is 5.92 Å². The van der Waals surface area contributed by atoms with Crippen molar-refractivity contribution in [2.45, 2.75) is 38.2 Å². The molecule has 2 saturated heterocycles. The number of hydrogen-bond acceptors (Lipinski definition) is 7. The number of aromatic amines is 1. The van der Waals surface area contributed by atoms with Crippen LogP contribution in [-0.4, -0.2) is 87.8 Å². The summed E-state index contributed by atoms with van der Waals surface area (Å²) < 4.78 is 6.16. The van der Waals surface area contributed by atoms with Crippen LogP contribution >= 0.6 is 0 Å². The van der Waals surface area contributed by atoms with Gasteiger partial charge in [0, 0.05) is 57.1 Å². The summed E-state index contributed by atoms with van der Waals surface area (Å²) in [6.45, 7) is 7.39. The molecule has 4 heterocycles. The van der Waals surface area contributed by atoms with Crippen molar-refractivity contribution in [1.82, 2.24) is 30.0 Å². The summed E-state index contributed by atoms with van der Waals surface area (Å²) in [6, 6.07) is 8.04. The molecule has 0 atom stereocenters. The van der Waals surface area contributed by atoms with Crippen LogP contribution in [0.2, 0.25) is 0 Å². The number of fused-ring (bicyclic) bond motifs is 1. The fraction of sp³-hybridized carbons (Fsp3) is 0.538. The van der Waals surface area contributed by atoms with Crippen LogP contribution in [0.5, 0.6) is 5.75 Å². The number of ether oxygens (including phenoxy) is 1. The van der Waals surface area contributed by atoms with Gasteiger partial charge in [-0.1, -0.05) is 0 Å². The van der Waals surface area contributed by atoms with E-state index in [0.29, 0.717) is 12.3 Å². The lowest BCUT2D eigenvalue weighted by Crippen LogP contribution is -2.49. The number of anilines is 1. The first-order valence-electron chi connectivity index (χ1n) is 12.7. The van der Waals surface area contributed by atoms with E-state index < -0.39 is 0 Å². The molecule has 2 aromatic heterocycles. The van der Waals surface area contributed by atoms with Crippen molar-refractivity contribution in [2.24, 2.45) is 5.92 Å². The largest absolute Gasteiger partial charge is 0.488 e. The number of benzene rings is 1. The predicted octanol–water partition coefficient (Wildman–Crippen LogP) is 2.94. The average Bonchev–Trinajstić information content (AvgIpc) is 3.43. The summed E-state index contributed by atoms with van der Waals surface area (Å²) in [5.74, 6) is 2.69. The van der Waals surface area contributed by atoms with Crippen LogP contribution in [0.1, 0.15) is 32.6 Å². The molecule has 0 radical (unpaired) electrons. The van der Waals surface area contributed by atoms with Gasteiger partial charge in [0.2, 0.25) is 5.91 Å². The second-order valence-corrected chi connectivity index (χ2v) is 10.6. The second kappa shape index (κ2) is 8.78. The first-order valence-corrected chi connectivity index (χ1v) is 12.7. The number of amides is 1. The third-order valence-electron chi connectivity index (χ3n) is 7.61. The first-order chi connectivity index (χ1) is 17.0. The summed E-state index contributed by atoms with van der Waals surface area (Å²) in [4.78, 5) is 28.2. The van der Waals surface area contributed by atoms with Crippen molar-refractivity contribution in [3.8, 4) is 17.1 Å². The Hall–Kier alpha value is -3.20. The van der Waals surface area contributed by atoms with Crippen LogP contribution in [0.3, 0.4) is 0 Å². The minimum atomic E-state index is -0.0307. The van der Waals surface area contributed by atoms with Gasteiger partial charge >= 0.3 is 0 Å². The molecule has 0 spiro atoms. The molecule has 184 valence electrons. The van der Waals surface area contributed by atoms with E-state index in [9.17, 15) is 4.79 Å². The summed E-state index contributed by atoms with van der Waals surface area (Å²) >= 11 is 0. The van der Waals surface area contributed by atoms with Gasteiger partial charge < -0.3 is 19.4 Å². The number of H-pyrrole nitrogens is 1. The molecule has 3 fully saturated rings. The normalized spacial score (nSPS) is 20.2. The highest BCUT2D eigenvalue weighted by Crippen LogP contribution is 2.40. The Morgan fingerprint density at radius 2 is 1.94 bits per heavy atom. The van der Waals surface area contributed by atoms with E-state index in [0.717, 1.165) is 92.4 Å². The Balaban J connectivity index is 1.12. The highest BCUT2D eigenvalue weighted by Gasteiger charge is 2.40. The molecule has 6 rings (SSSR count). The average molecular weight is 476 g/mol. The molecule has 0 bridgehead atoms. The van der Waals surface area contributed by atoms with Crippen molar-refractivity contribution in [3.63, 3.8) is 0 Å². The molecule has 1 aromatic carbocycles. The van der Waals surface area contributed by atoms with Gasteiger partial charge in [-0.2, -0.15) is 5.10 Å². The minimum absolute atomic E-state index is 0.0307. The van der Waals surface area contributed by atoms with Gasteiger partial charge in [-0.25, -0.2) is 9.97 Å². The van der Waals surface area contributed by atoms with Crippen LogP contribution in [-0.2, 0) is 4.79 Å². The number of carbonyl (C=O) groups is 1. The van der Waals surface area contributed by atoms with Crippen molar-refractivity contribution in [2.75, 3.05) is 51.2 Å². The molecular weight excluding hydrogens is 442 g/mol. The first kappa shape index (κ1) is 22.3.